The van der Waals surface area contributed by atoms with Gasteiger partial charge >= 0.3 is 5.97 Å². The highest BCUT2D eigenvalue weighted by Crippen LogP contribution is 2.42. The molecule has 0 unspecified atom stereocenters. The van der Waals surface area contributed by atoms with Crippen molar-refractivity contribution in [3.05, 3.63) is 46.3 Å². The van der Waals surface area contributed by atoms with Gasteiger partial charge in [-0.3, -0.25) is 0 Å². The molecule has 1 aromatic carbocycles. The summed E-state index contributed by atoms with van der Waals surface area (Å²) in [5.41, 5.74) is 9.60. The van der Waals surface area contributed by atoms with Crippen LogP contribution in [-0.2, 0) is 23.4 Å². The quantitative estimate of drug-likeness (QED) is 0.189. The summed E-state index contributed by atoms with van der Waals surface area (Å²) in [5.74, 6) is -1.42. The van der Waals surface area contributed by atoms with Crippen LogP contribution in [0.1, 0.15) is 45.0 Å². The van der Waals surface area contributed by atoms with Gasteiger partial charge < -0.3 is 23.4 Å². The molecule has 2 saturated heterocycles. The Balaban J connectivity index is 1.79. The molecule has 0 amide bonds. The van der Waals surface area contributed by atoms with Crippen LogP contribution in [0.15, 0.2) is 35.4 Å². The molecule has 5 atom stereocenters. The lowest BCUT2D eigenvalue weighted by molar-refractivity contribution is -0.222. The van der Waals surface area contributed by atoms with Crippen LogP contribution < -0.4 is 0 Å². The smallest absolute Gasteiger partial charge is 0.340 e. The zero-order chi connectivity index (χ0) is 23.7. The van der Waals surface area contributed by atoms with E-state index >= 15 is 0 Å². The highest BCUT2D eigenvalue weighted by molar-refractivity contribution is 6.74. The van der Waals surface area contributed by atoms with Gasteiger partial charge in [0.05, 0.1) is 11.6 Å². The first-order chi connectivity index (χ1) is 14.8. The number of carbonyl (C=O) groups excluding carboxylic acids is 1. The van der Waals surface area contributed by atoms with Gasteiger partial charge in [0.1, 0.15) is 12.2 Å². The molecule has 0 bridgehead atoms. The molecule has 3 rings (SSSR count). The summed E-state index contributed by atoms with van der Waals surface area (Å²) >= 11 is 0. The first-order valence-electron chi connectivity index (χ1n) is 10.8. The zero-order valence-corrected chi connectivity index (χ0v) is 20.8. The van der Waals surface area contributed by atoms with E-state index in [9.17, 15) is 10.3 Å². The first-order valence-corrected chi connectivity index (χ1v) is 13.7. The number of carbonyl (C=O) groups is 1. The Kier molecular flexibility index (Phi) is 7.04. The van der Waals surface area contributed by atoms with Crippen LogP contribution >= 0.6 is 0 Å². The van der Waals surface area contributed by atoms with E-state index in [1.54, 1.807) is 38.1 Å². The SMILES string of the molecule is CC1(C)O[C@@H]2[C@H](O1)[C@@H](OC(=O)c1ccccc1)O[C@@H]2[C@@H](CO[Si](C)(C)C(C)(C)C)N=[N+]=[N-]. The van der Waals surface area contributed by atoms with Gasteiger partial charge in [-0.2, -0.15) is 0 Å². The standard InChI is InChI=1S/C22H33N3O6Si/c1-21(2,3)32(6,7)27-13-15(24-25-23)16-17-18(31-22(4,5)30-17)20(28-16)29-19(26)14-11-9-8-10-12-14/h8-12,15-18,20H,13H2,1-7H3/t15-,16-,17+,18+,20-/m1/s1. The van der Waals surface area contributed by atoms with Gasteiger partial charge in [-0.05, 0) is 49.6 Å². The van der Waals surface area contributed by atoms with Crippen molar-refractivity contribution in [2.45, 2.75) is 89.2 Å². The van der Waals surface area contributed by atoms with E-state index in [0.717, 1.165) is 0 Å². The molecule has 0 saturated carbocycles. The summed E-state index contributed by atoms with van der Waals surface area (Å²) in [7, 11) is -2.09. The van der Waals surface area contributed by atoms with Crippen LogP contribution in [0.25, 0.3) is 10.4 Å². The fourth-order valence-electron chi connectivity index (χ4n) is 3.51. The normalized spacial score (nSPS) is 28.0. The summed E-state index contributed by atoms with van der Waals surface area (Å²) < 4.78 is 30.0. The number of azide groups is 1. The highest BCUT2D eigenvalue weighted by Gasteiger charge is 2.58. The minimum Gasteiger partial charge on any atom is -0.429 e. The predicted octanol–water partition coefficient (Wildman–Crippen LogP) is 4.79. The lowest BCUT2D eigenvalue weighted by Gasteiger charge is -2.37. The zero-order valence-electron chi connectivity index (χ0n) is 19.8. The molecule has 2 fully saturated rings. The molecular formula is C22H33N3O6Si. The predicted molar refractivity (Wildman–Crippen MR) is 120 cm³/mol. The van der Waals surface area contributed by atoms with Crippen molar-refractivity contribution < 1.29 is 28.2 Å². The molecule has 2 heterocycles. The van der Waals surface area contributed by atoms with Gasteiger partial charge in [-0.15, -0.1) is 0 Å². The number of hydrogen-bond donors (Lipinski definition) is 0. The van der Waals surface area contributed by atoms with Crippen LogP contribution in [0.2, 0.25) is 18.1 Å². The van der Waals surface area contributed by atoms with Crippen molar-refractivity contribution in [2.24, 2.45) is 5.11 Å². The third-order valence-corrected chi connectivity index (χ3v) is 10.8. The lowest BCUT2D eigenvalue weighted by Crippen LogP contribution is -2.46. The largest absolute Gasteiger partial charge is 0.429 e. The molecule has 2 aliphatic rings. The van der Waals surface area contributed by atoms with E-state index in [-0.39, 0.29) is 11.6 Å². The Bertz CT molecular complexity index is 866. The molecule has 9 nitrogen and oxygen atoms in total. The van der Waals surface area contributed by atoms with Gasteiger partial charge in [0.2, 0.25) is 6.29 Å². The Labute approximate surface area is 190 Å². The number of rotatable bonds is 7. The second-order valence-electron chi connectivity index (χ2n) is 10.1. The van der Waals surface area contributed by atoms with E-state index in [0.29, 0.717) is 5.56 Å². The van der Waals surface area contributed by atoms with Gasteiger partial charge in [-0.25, -0.2) is 4.79 Å². The number of nitrogens with zero attached hydrogens (tertiary/aromatic N) is 3. The maximum Gasteiger partial charge on any atom is 0.340 e. The third-order valence-electron chi connectivity index (χ3n) is 6.28. The third kappa shape index (κ3) is 5.33. The van der Waals surface area contributed by atoms with Crippen molar-refractivity contribution in [1.82, 2.24) is 0 Å². The van der Waals surface area contributed by atoms with Gasteiger partial charge in [0.15, 0.2) is 20.2 Å². The summed E-state index contributed by atoms with van der Waals surface area (Å²) in [6.07, 6.45) is -2.90. The van der Waals surface area contributed by atoms with E-state index in [4.69, 9.17) is 23.4 Å². The van der Waals surface area contributed by atoms with Crippen molar-refractivity contribution in [1.29, 1.82) is 0 Å². The molecule has 1 aromatic rings. The van der Waals surface area contributed by atoms with Crippen molar-refractivity contribution in [3.63, 3.8) is 0 Å². The average molecular weight is 464 g/mol. The van der Waals surface area contributed by atoms with Crippen LogP contribution in [0.3, 0.4) is 0 Å². The molecular weight excluding hydrogens is 430 g/mol. The highest BCUT2D eigenvalue weighted by atomic mass is 28.4. The second-order valence-corrected chi connectivity index (χ2v) is 15.0. The molecule has 0 aliphatic carbocycles. The van der Waals surface area contributed by atoms with E-state index < -0.39 is 50.7 Å². The molecule has 0 radical (unpaired) electrons. The summed E-state index contributed by atoms with van der Waals surface area (Å²) in [4.78, 5) is 15.6. The first kappa shape index (κ1) is 24.7. The molecule has 2 aliphatic heterocycles. The number of fused-ring (bicyclic) bond motifs is 1. The molecule has 32 heavy (non-hydrogen) atoms. The van der Waals surface area contributed by atoms with E-state index in [1.165, 1.54) is 0 Å². The van der Waals surface area contributed by atoms with Gasteiger partial charge in [0, 0.05) is 11.5 Å². The Morgan fingerprint density at radius 1 is 1.22 bits per heavy atom. The average Bonchev–Trinajstić information content (AvgIpc) is 3.18. The van der Waals surface area contributed by atoms with E-state index in [1.807, 2.05) is 6.07 Å². The number of hydrogen-bond acceptors (Lipinski definition) is 7. The molecule has 10 heteroatoms. The number of esters is 1. The van der Waals surface area contributed by atoms with E-state index in [2.05, 4.69) is 43.9 Å². The minimum absolute atomic E-state index is 0.00428. The number of benzene rings is 1. The topological polar surface area (TPSA) is 112 Å². The monoisotopic (exact) mass is 463 g/mol. The number of ether oxygens (including phenoxy) is 4. The van der Waals surface area contributed by atoms with Crippen molar-refractivity contribution >= 4 is 14.3 Å². The molecule has 0 aromatic heterocycles. The van der Waals surface area contributed by atoms with Crippen molar-refractivity contribution in [3.8, 4) is 0 Å². The fourth-order valence-corrected chi connectivity index (χ4v) is 4.53. The molecule has 176 valence electrons. The molecule has 0 spiro atoms. The Hall–Kier alpha value is -1.94. The van der Waals surface area contributed by atoms with Crippen LogP contribution in [0.5, 0.6) is 0 Å². The van der Waals surface area contributed by atoms with Crippen LogP contribution in [0.4, 0.5) is 0 Å². The maximum atomic E-state index is 12.6. The summed E-state index contributed by atoms with van der Waals surface area (Å²) in [5, 5.41) is 3.94. The molecule has 0 N–H and O–H groups in total. The van der Waals surface area contributed by atoms with Crippen molar-refractivity contribution in [2.75, 3.05) is 6.61 Å². The lowest BCUT2D eigenvalue weighted by atomic mass is 10.1. The Morgan fingerprint density at radius 3 is 2.44 bits per heavy atom. The van der Waals surface area contributed by atoms with Crippen LogP contribution in [-0.4, -0.2) is 57.3 Å². The van der Waals surface area contributed by atoms with Gasteiger partial charge in [0.25, 0.3) is 0 Å². The van der Waals surface area contributed by atoms with Crippen LogP contribution in [0, 0.1) is 0 Å². The fraction of sp³-hybridized carbons (Fsp3) is 0.682. The maximum absolute atomic E-state index is 12.6. The minimum atomic E-state index is -2.09. The van der Waals surface area contributed by atoms with Gasteiger partial charge in [-0.1, -0.05) is 44.1 Å². The second kappa shape index (κ2) is 9.13. The summed E-state index contributed by atoms with van der Waals surface area (Å²) in [6, 6.07) is 7.99. The summed E-state index contributed by atoms with van der Waals surface area (Å²) in [6.45, 7) is 14.4. The Morgan fingerprint density at radius 2 is 1.84 bits per heavy atom.